The second-order valence-electron chi connectivity index (χ2n) is 12.6. The summed E-state index contributed by atoms with van der Waals surface area (Å²) < 4.78 is 55.2. The van der Waals surface area contributed by atoms with Crippen LogP contribution in [0.25, 0.3) is 0 Å². The van der Waals surface area contributed by atoms with Crippen molar-refractivity contribution in [2.75, 3.05) is 139 Å². The highest BCUT2D eigenvalue weighted by atomic mass is 16.6. The molecule has 0 saturated heterocycles. The molecule has 2 amide bonds. The standard InChI is InChI=1S/C40H69NO12/c1-2-3-4-5-6-7-8-9-10-13-17-44-19-21-46-23-25-48-27-29-50-31-33-52-35-36-53-34-32-51-30-28-49-26-24-47-22-20-45-18-16-41-39(42)37-14-11-12-15-38(37)40(41)43/h11-12,14-15H,2-10,13,16-36H2,1H3. The largest absolute Gasteiger partial charge is 0.379 e. The second kappa shape index (κ2) is 35.6. The number of fused-ring (bicyclic) bond motifs is 1. The molecule has 13 nitrogen and oxygen atoms in total. The SMILES string of the molecule is CCCCCCCCCCCCOCCOCCOCCOCCOCCOCCOCCOCCOCCOCCN1C(=O)c2ccccc2C1=O. The van der Waals surface area contributed by atoms with Crippen molar-refractivity contribution in [1.82, 2.24) is 4.90 Å². The van der Waals surface area contributed by atoms with Crippen LogP contribution in [0.15, 0.2) is 24.3 Å². The number of rotatable bonds is 41. The van der Waals surface area contributed by atoms with Gasteiger partial charge in [0.05, 0.1) is 143 Å². The van der Waals surface area contributed by atoms with Crippen LogP contribution in [0.2, 0.25) is 0 Å². The number of carbonyl (C=O) groups is 2. The Hall–Kier alpha value is -2.04. The van der Waals surface area contributed by atoms with Gasteiger partial charge in [-0.25, -0.2) is 0 Å². The van der Waals surface area contributed by atoms with Crippen molar-refractivity contribution in [3.63, 3.8) is 0 Å². The van der Waals surface area contributed by atoms with Crippen LogP contribution in [-0.4, -0.2) is 155 Å². The Balaban J connectivity index is 1.15. The Morgan fingerprint density at radius 3 is 0.943 bits per heavy atom. The van der Waals surface area contributed by atoms with Crippen LogP contribution in [0, 0.1) is 0 Å². The van der Waals surface area contributed by atoms with E-state index in [2.05, 4.69) is 6.92 Å². The number of unbranched alkanes of at least 4 members (excludes halogenated alkanes) is 9. The lowest BCUT2D eigenvalue weighted by Gasteiger charge is -2.13. The summed E-state index contributed by atoms with van der Waals surface area (Å²) >= 11 is 0. The van der Waals surface area contributed by atoms with Gasteiger partial charge in [0.15, 0.2) is 0 Å². The number of benzene rings is 1. The quantitative estimate of drug-likeness (QED) is 0.0630. The molecule has 0 bridgehead atoms. The Labute approximate surface area is 318 Å². The molecule has 0 N–H and O–H groups in total. The molecule has 0 atom stereocenters. The van der Waals surface area contributed by atoms with Crippen LogP contribution < -0.4 is 0 Å². The average molecular weight is 756 g/mol. The molecular weight excluding hydrogens is 686 g/mol. The first kappa shape index (κ1) is 47.1. The monoisotopic (exact) mass is 755 g/mol. The number of hydrogen-bond acceptors (Lipinski definition) is 12. The molecule has 2 rings (SSSR count). The summed E-state index contributed by atoms with van der Waals surface area (Å²) in [6.07, 6.45) is 13.4. The third-order valence-corrected chi connectivity index (χ3v) is 8.33. The molecule has 1 aliphatic rings. The first-order chi connectivity index (χ1) is 26.3. The number of hydrogen-bond donors (Lipinski definition) is 0. The van der Waals surface area contributed by atoms with Gasteiger partial charge in [-0.15, -0.1) is 0 Å². The van der Waals surface area contributed by atoms with Gasteiger partial charge in [-0.05, 0) is 18.6 Å². The fraction of sp³-hybridized carbons (Fsp3) is 0.800. The molecule has 1 aromatic carbocycles. The summed E-state index contributed by atoms with van der Waals surface area (Å²) in [4.78, 5) is 25.8. The molecule has 0 saturated carbocycles. The first-order valence-corrected chi connectivity index (χ1v) is 20.0. The highest BCUT2D eigenvalue weighted by Crippen LogP contribution is 2.21. The van der Waals surface area contributed by atoms with E-state index in [1.54, 1.807) is 24.3 Å². The van der Waals surface area contributed by atoms with E-state index in [0.717, 1.165) is 13.0 Å². The molecule has 1 aliphatic heterocycles. The molecule has 0 radical (unpaired) electrons. The minimum atomic E-state index is -0.275. The number of carbonyl (C=O) groups excluding carboxylic acids is 2. The van der Waals surface area contributed by atoms with Crippen LogP contribution in [0.4, 0.5) is 0 Å². The van der Waals surface area contributed by atoms with Gasteiger partial charge < -0.3 is 47.4 Å². The van der Waals surface area contributed by atoms with Crippen LogP contribution in [-0.2, 0) is 47.4 Å². The third kappa shape index (κ3) is 25.6. The number of imide groups is 1. The molecule has 13 heteroatoms. The highest BCUT2D eigenvalue weighted by molar-refractivity contribution is 6.21. The van der Waals surface area contributed by atoms with Crippen molar-refractivity contribution < 1.29 is 57.0 Å². The fourth-order valence-electron chi connectivity index (χ4n) is 5.37. The van der Waals surface area contributed by atoms with E-state index < -0.39 is 0 Å². The van der Waals surface area contributed by atoms with Gasteiger partial charge in [0.25, 0.3) is 11.8 Å². The van der Waals surface area contributed by atoms with Crippen molar-refractivity contribution in [3.8, 4) is 0 Å². The van der Waals surface area contributed by atoms with E-state index >= 15 is 0 Å². The fourth-order valence-corrected chi connectivity index (χ4v) is 5.37. The van der Waals surface area contributed by atoms with Gasteiger partial charge in [-0.3, -0.25) is 14.5 Å². The summed E-state index contributed by atoms with van der Waals surface area (Å²) in [7, 11) is 0. The Morgan fingerprint density at radius 2 is 0.623 bits per heavy atom. The normalized spacial score (nSPS) is 12.7. The topological polar surface area (TPSA) is 130 Å². The van der Waals surface area contributed by atoms with E-state index in [-0.39, 0.29) is 25.0 Å². The number of ether oxygens (including phenoxy) is 10. The van der Waals surface area contributed by atoms with Gasteiger partial charge in [0.1, 0.15) is 0 Å². The summed E-state index contributed by atoms with van der Waals surface area (Å²) in [5.74, 6) is -0.549. The molecule has 0 unspecified atom stereocenters. The predicted octanol–water partition coefficient (Wildman–Crippen LogP) is 5.37. The summed E-state index contributed by atoms with van der Waals surface area (Å²) in [5.41, 5.74) is 0.890. The van der Waals surface area contributed by atoms with Crippen molar-refractivity contribution in [2.24, 2.45) is 0 Å². The number of nitrogens with zero attached hydrogens (tertiary/aromatic N) is 1. The van der Waals surface area contributed by atoms with Gasteiger partial charge in [-0.1, -0.05) is 76.8 Å². The number of amides is 2. The van der Waals surface area contributed by atoms with E-state index in [0.29, 0.717) is 130 Å². The Kier molecular flexibility index (Phi) is 31.7. The molecule has 0 fully saturated rings. The minimum absolute atomic E-state index is 0.217. The predicted molar refractivity (Wildman–Crippen MR) is 202 cm³/mol. The maximum atomic E-state index is 12.3. The zero-order valence-corrected chi connectivity index (χ0v) is 32.6. The lowest BCUT2D eigenvalue weighted by atomic mass is 10.1. The summed E-state index contributed by atoms with van der Waals surface area (Å²) in [5, 5.41) is 0. The lowest BCUT2D eigenvalue weighted by molar-refractivity contribution is -0.0265. The van der Waals surface area contributed by atoms with Gasteiger partial charge in [0.2, 0.25) is 0 Å². The van der Waals surface area contributed by atoms with Crippen molar-refractivity contribution in [2.45, 2.75) is 71.1 Å². The van der Waals surface area contributed by atoms with Crippen LogP contribution >= 0.6 is 0 Å². The van der Waals surface area contributed by atoms with E-state index in [9.17, 15) is 9.59 Å². The van der Waals surface area contributed by atoms with Crippen molar-refractivity contribution in [3.05, 3.63) is 35.4 Å². The maximum Gasteiger partial charge on any atom is 0.261 e. The van der Waals surface area contributed by atoms with Crippen molar-refractivity contribution >= 4 is 11.8 Å². The average Bonchev–Trinajstić information content (AvgIpc) is 3.42. The van der Waals surface area contributed by atoms with E-state index in [4.69, 9.17) is 47.4 Å². The first-order valence-electron chi connectivity index (χ1n) is 20.0. The van der Waals surface area contributed by atoms with E-state index in [1.165, 1.54) is 62.7 Å². The molecule has 0 aromatic heterocycles. The van der Waals surface area contributed by atoms with Gasteiger partial charge >= 0.3 is 0 Å². The minimum Gasteiger partial charge on any atom is -0.379 e. The highest BCUT2D eigenvalue weighted by Gasteiger charge is 2.34. The maximum absolute atomic E-state index is 12.3. The molecule has 306 valence electrons. The molecular formula is C40H69NO12. The third-order valence-electron chi connectivity index (χ3n) is 8.33. The Bertz CT molecular complexity index is 965. The summed E-state index contributed by atoms with van der Waals surface area (Å²) in [6, 6.07) is 6.83. The van der Waals surface area contributed by atoms with Gasteiger partial charge in [0, 0.05) is 6.61 Å². The zero-order valence-electron chi connectivity index (χ0n) is 32.6. The molecule has 0 spiro atoms. The van der Waals surface area contributed by atoms with E-state index in [1.807, 2.05) is 0 Å². The van der Waals surface area contributed by atoms with Crippen molar-refractivity contribution in [1.29, 1.82) is 0 Å². The van der Waals surface area contributed by atoms with Crippen LogP contribution in [0.1, 0.15) is 91.8 Å². The zero-order chi connectivity index (χ0) is 37.7. The molecule has 0 aliphatic carbocycles. The molecule has 1 aromatic rings. The smallest absolute Gasteiger partial charge is 0.261 e. The Morgan fingerprint density at radius 1 is 0.358 bits per heavy atom. The van der Waals surface area contributed by atoms with Gasteiger partial charge in [-0.2, -0.15) is 0 Å². The van der Waals surface area contributed by atoms with Crippen LogP contribution in [0.5, 0.6) is 0 Å². The second-order valence-corrected chi connectivity index (χ2v) is 12.6. The van der Waals surface area contributed by atoms with Crippen LogP contribution in [0.3, 0.4) is 0 Å². The molecule has 1 heterocycles. The summed E-state index contributed by atoms with van der Waals surface area (Å²) in [6.45, 7) is 12.6. The molecule has 53 heavy (non-hydrogen) atoms. The lowest BCUT2D eigenvalue weighted by Crippen LogP contribution is -2.33.